The Kier molecular flexibility index (Phi) is 11.4. The molecule has 1 aromatic carbocycles. The maximum absolute atomic E-state index is 14.0. The highest BCUT2D eigenvalue weighted by Gasteiger charge is 2.51. The number of unbranched alkanes of at least 4 members (excludes halogenated alkanes) is 2. The van der Waals surface area contributed by atoms with Crippen LogP contribution >= 0.6 is 0 Å². The number of aliphatic carboxylic acids is 1. The fraction of sp³-hybridized carbons (Fsp3) is 0.758. The highest BCUT2D eigenvalue weighted by Crippen LogP contribution is 2.48. The second kappa shape index (κ2) is 14.7. The number of benzene rings is 1. The number of carboxylic acid groups (broad SMARTS) is 1. The second-order valence-corrected chi connectivity index (χ2v) is 14.1. The molecule has 0 spiro atoms. The molecule has 11 nitrogen and oxygen atoms in total. The molecule has 44 heavy (non-hydrogen) atoms. The zero-order chi connectivity index (χ0) is 32.1. The van der Waals surface area contributed by atoms with Gasteiger partial charge in [0.25, 0.3) is 0 Å². The molecule has 1 N–H and O–H groups in total. The Morgan fingerprint density at radius 3 is 2.43 bits per heavy atom. The highest BCUT2D eigenvalue weighted by atomic mass is 16.7. The molecule has 0 bridgehead atoms. The van der Waals surface area contributed by atoms with Crippen molar-refractivity contribution >= 4 is 11.9 Å². The molecule has 3 aliphatic heterocycles. The van der Waals surface area contributed by atoms with Crippen molar-refractivity contribution in [2.24, 2.45) is 11.3 Å². The summed E-state index contributed by atoms with van der Waals surface area (Å²) in [6.45, 7) is 10.4. The number of rotatable bonds is 16. The number of amides is 1. The van der Waals surface area contributed by atoms with Gasteiger partial charge >= 0.3 is 5.97 Å². The maximum atomic E-state index is 14.0. The number of carbonyl (C=O) groups is 2. The highest BCUT2D eigenvalue weighted by molar-refractivity contribution is 5.79. The molecule has 3 aliphatic rings. The molecule has 3 heterocycles. The van der Waals surface area contributed by atoms with Crippen molar-refractivity contribution in [2.75, 3.05) is 81.0 Å². The van der Waals surface area contributed by atoms with Gasteiger partial charge in [-0.25, -0.2) is 0 Å². The molecule has 11 heteroatoms. The summed E-state index contributed by atoms with van der Waals surface area (Å²) in [4.78, 5) is 31.1. The van der Waals surface area contributed by atoms with Crippen LogP contribution in [0.2, 0.25) is 0 Å². The Morgan fingerprint density at radius 2 is 1.80 bits per heavy atom. The summed E-state index contributed by atoms with van der Waals surface area (Å²) >= 11 is 0. The van der Waals surface area contributed by atoms with Crippen LogP contribution in [-0.4, -0.2) is 125 Å². The third-order valence-corrected chi connectivity index (χ3v) is 9.12. The molecule has 4 rings (SSSR count). The SMILES string of the molecule is CCCCN(CCCC[N+](C)(C)C)C(=O)CN1C[C@H](c2cc(OC)c3c(c2)OCO3)C(C(=O)O)[C@@H]1CC(C)(C)C1OCCO1. The smallest absolute Gasteiger partial charge is 0.308 e. The van der Waals surface area contributed by atoms with Crippen LogP contribution in [0.25, 0.3) is 0 Å². The molecule has 0 radical (unpaired) electrons. The van der Waals surface area contributed by atoms with E-state index in [0.29, 0.717) is 56.5 Å². The predicted octanol–water partition coefficient (Wildman–Crippen LogP) is 3.80. The molecule has 1 aromatic rings. The summed E-state index contributed by atoms with van der Waals surface area (Å²) < 4.78 is 29.5. The van der Waals surface area contributed by atoms with Gasteiger partial charge in [-0.15, -0.1) is 0 Å². The first-order valence-electron chi connectivity index (χ1n) is 16.1. The number of nitrogens with zero attached hydrogens (tertiary/aromatic N) is 3. The van der Waals surface area contributed by atoms with E-state index in [1.165, 1.54) is 0 Å². The molecular formula is C33H54N3O8+. The van der Waals surface area contributed by atoms with E-state index in [2.05, 4.69) is 46.8 Å². The van der Waals surface area contributed by atoms with Gasteiger partial charge in [-0.05, 0) is 43.4 Å². The lowest BCUT2D eigenvalue weighted by molar-refractivity contribution is -0.870. The zero-order valence-electron chi connectivity index (χ0n) is 27.8. The average molecular weight is 621 g/mol. The normalized spacial score (nSPS) is 22.5. The number of ether oxygens (including phenoxy) is 5. The lowest BCUT2D eigenvalue weighted by atomic mass is 9.77. The zero-order valence-corrected chi connectivity index (χ0v) is 27.8. The fourth-order valence-corrected chi connectivity index (χ4v) is 6.77. The van der Waals surface area contributed by atoms with Crippen LogP contribution in [0.1, 0.15) is 64.4 Å². The van der Waals surface area contributed by atoms with Gasteiger partial charge in [-0.2, -0.15) is 0 Å². The number of hydrogen-bond donors (Lipinski definition) is 1. The number of hydrogen-bond acceptors (Lipinski definition) is 8. The Hall–Kier alpha value is -2.60. The van der Waals surface area contributed by atoms with E-state index in [4.69, 9.17) is 23.7 Å². The number of methoxy groups -OCH3 is 1. The van der Waals surface area contributed by atoms with Gasteiger partial charge in [0, 0.05) is 37.0 Å². The van der Waals surface area contributed by atoms with Gasteiger partial charge in [-0.1, -0.05) is 27.2 Å². The Bertz CT molecular complexity index is 1130. The van der Waals surface area contributed by atoms with Gasteiger partial charge in [0.2, 0.25) is 18.4 Å². The molecular weight excluding hydrogens is 566 g/mol. The van der Waals surface area contributed by atoms with Gasteiger partial charge in [-0.3, -0.25) is 14.5 Å². The molecule has 2 fully saturated rings. The largest absolute Gasteiger partial charge is 0.493 e. The van der Waals surface area contributed by atoms with Gasteiger partial charge in [0.15, 0.2) is 17.8 Å². The molecule has 0 aliphatic carbocycles. The van der Waals surface area contributed by atoms with E-state index in [-0.39, 0.29) is 25.2 Å². The number of carbonyl (C=O) groups excluding carboxylic acids is 1. The average Bonchev–Trinajstić information content (AvgIpc) is 3.72. The maximum Gasteiger partial charge on any atom is 0.308 e. The minimum absolute atomic E-state index is 0.0490. The number of carboxylic acids is 1. The van der Waals surface area contributed by atoms with Crippen LogP contribution in [0.3, 0.4) is 0 Å². The molecule has 0 saturated carbocycles. The molecule has 0 aromatic heterocycles. The topological polar surface area (TPSA) is 107 Å². The standard InChI is InChI=1S/C33H53N3O8/c1-8-9-12-34(13-10-11-14-36(4,5)6)28(37)21-35-20-24(23-17-26(40-7)30-27(18-23)43-22-44-30)29(31(38)39)25(35)19-33(2,3)32-41-15-16-42-32/h17-18,24-25,29,32H,8-16,19-22H2,1-7H3/p+1/t24-,25+,29?/m1/s1. The fourth-order valence-electron chi connectivity index (χ4n) is 6.77. The summed E-state index contributed by atoms with van der Waals surface area (Å²) in [6.07, 6.45) is 3.98. The molecule has 2 saturated heterocycles. The summed E-state index contributed by atoms with van der Waals surface area (Å²) in [6, 6.07) is 3.31. The van der Waals surface area contributed by atoms with Crippen molar-refractivity contribution in [1.29, 1.82) is 0 Å². The van der Waals surface area contributed by atoms with Crippen LogP contribution in [0.15, 0.2) is 12.1 Å². The van der Waals surface area contributed by atoms with E-state index in [9.17, 15) is 14.7 Å². The lowest BCUT2D eigenvalue weighted by Crippen LogP contribution is -2.47. The number of likely N-dealkylation sites (tertiary alicyclic amines) is 1. The molecule has 1 amide bonds. The molecule has 248 valence electrons. The van der Waals surface area contributed by atoms with E-state index in [1.54, 1.807) is 7.11 Å². The monoisotopic (exact) mass is 620 g/mol. The Morgan fingerprint density at radius 1 is 1.09 bits per heavy atom. The van der Waals surface area contributed by atoms with Crippen LogP contribution in [0, 0.1) is 11.3 Å². The summed E-state index contributed by atoms with van der Waals surface area (Å²) in [5.41, 5.74) is 0.331. The Labute approximate surface area is 262 Å². The van der Waals surface area contributed by atoms with Gasteiger partial charge in [0.1, 0.15) is 0 Å². The third-order valence-electron chi connectivity index (χ3n) is 9.12. The Balaban J connectivity index is 1.61. The predicted molar refractivity (Wildman–Crippen MR) is 166 cm³/mol. The molecule has 3 atom stereocenters. The van der Waals surface area contributed by atoms with Crippen molar-refractivity contribution in [1.82, 2.24) is 9.80 Å². The van der Waals surface area contributed by atoms with E-state index >= 15 is 0 Å². The lowest BCUT2D eigenvalue weighted by Gasteiger charge is -2.37. The number of fused-ring (bicyclic) bond motifs is 1. The van der Waals surface area contributed by atoms with E-state index < -0.39 is 29.6 Å². The van der Waals surface area contributed by atoms with Crippen molar-refractivity contribution in [3.8, 4) is 17.2 Å². The number of quaternary nitrogens is 1. The summed E-state index contributed by atoms with van der Waals surface area (Å²) in [5.74, 6) is -0.407. The van der Waals surface area contributed by atoms with Crippen LogP contribution in [-0.2, 0) is 19.1 Å². The van der Waals surface area contributed by atoms with Crippen LogP contribution in [0.4, 0.5) is 0 Å². The first-order valence-corrected chi connectivity index (χ1v) is 16.1. The van der Waals surface area contributed by atoms with Crippen LogP contribution in [0.5, 0.6) is 17.2 Å². The van der Waals surface area contributed by atoms with E-state index in [1.807, 2.05) is 17.0 Å². The molecule has 1 unspecified atom stereocenters. The minimum Gasteiger partial charge on any atom is -0.493 e. The first kappa shape index (κ1) is 34.3. The quantitative estimate of drug-likeness (QED) is 0.218. The van der Waals surface area contributed by atoms with Crippen molar-refractivity contribution < 1.29 is 42.9 Å². The van der Waals surface area contributed by atoms with Crippen molar-refractivity contribution in [3.63, 3.8) is 0 Å². The van der Waals surface area contributed by atoms with Gasteiger partial charge < -0.3 is 38.2 Å². The van der Waals surface area contributed by atoms with Crippen molar-refractivity contribution in [3.05, 3.63) is 17.7 Å². The van der Waals surface area contributed by atoms with E-state index in [0.717, 1.165) is 42.3 Å². The van der Waals surface area contributed by atoms with Gasteiger partial charge in [0.05, 0.1) is 60.5 Å². The second-order valence-electron chi connectivity index (χ2n) is 14.1. The minimum atomic E-state index is -0.890. The first-order chi connectivity index (χ1) is 20.8. The van der Waals surface area contributed by atoms with Crippen molar-refractivity contribution in [2.45, 2.75) is 71.1 Å². The van der Waals surface area contributed by atoms with Crippen LogP contribution < -0.4 is 14.2 Å². The summed E-state index contributed by atoms with van der Waals surface area (Å²) in [5, 5.41) is 10.7. The third kappa shape index (κ3) is 8.35. The summed E-state index contributed by atoms with van der Waals surface area (Å²) in [7, 11) is 8.11.